The van der Waals surface area contributed by atoms with Crippen LogP contribution < -0.4 is 10.6 Å². The maximum absolute atomic E-state index is 12.2. The summed E-state index contributed by atoms with van der Waals surface area (Å²) in [7, 11) is 0. The second-order valence-corrected chi connectivity index (χ2v) is 7.94. The van der Waals surface area contributed by atoms with Crippen molar-refractivity contribution in [3.63, 3.8) is 0 Å². The van der Waals surface area contributed by atoms with Crippen LogP contribution in [0.3, 0.4) is 0 Å². The highest BCUT2D eigenvalue weighted by molar-refractivity contribution is 7.99. The van der Waals surface area contributed by atoms with E-state index in [9.17, 15) is 4.79 Å². The first-order valence-electron chi connectivity index (χ1n) is 9.00. The number of pyridine rings is 1. The summed E-state index contributed by atoms with van der Waals surface area (Å²) in [5.41, 5.74) is 1.21. The summed E-state index contributed by atoms with van der Waals surface area (Å²) in [6, 6.07) is 3.47. The van der Waals surface area contributed by atoms with Crippen LogP contribution in [0.15, 0.2) is 29.7 Å². The molecule has 0 saturated carbocycles. The number of fused-ring (bicyclic) bond motifs is 1. The Morgan fingerprint density at radius 2 is 2.11 bits per heavy atom. The molecular weight excluding hydrogens is 398 g/mol. The predicted octanol–water partition coefficient (Wildman–Crippen LogP) is 3.24. The summed E-state index contributed by atoms with van der Waals surface area (Å²) in [5.74, 6) is 1.45. The third-order valence-electron chi connectivity index (χ3n) is 3.77. The lowest BCUT2D eigenvalue weighted by atomic mass is 10.3. The van der Waals surface area contributed by atoms with Crippen molar-refractivity contribution in [2.75, 3.05) is 17.6 Å². The fraction of sp³-hybridized carbons (Fsp3) is 0.389. The van der Waals surface area contributed by atoms with E-state index in [2.05, 4.69) is 51.5 Å². The van der Waals surface area contributed by atoms with Gasteiger partial charge in [0.1, 0.15) is 11.0 Å². The van der Waals surface area contributed by atoms with Crippen LogP contribution in [0, 0.1) is 0 Å². The van der Waals surface area contributed by atoms with Gasteiger partial charge in [0.05, 0.1) is 23.7 Å². The summed E-state index contributed by atoms with van der Waals surface area (Å²) in [4.78, 5) is 25.4. The van der Waals surface area contributed by atoms with Crippen LogP contribution in [0.4, 0.5) is 5.82 Å². The molecule has 0 aliphatic carbocycles. The molecule has 0 fully saturated rings. The van der Waals surface area contributed by atoms with Crippen molar-refractivity contribution < 1.29 is 4.79 Å². The maximum Gasteiger partial charge on any atom is 0.252 e. The summed E-state index contributed by atoms with van der Waals surface area (Å²) < 4.78 is 1.78. The number of halogens is 1. The highest BCUT2D eigenvalue weighted by Gasteiger charge is 2.14. The van der Waals surface area contributed by atoms with Crippen LogP contribution in [0.5, 0.6) is 0 Å². The zero-order valence-corrected chi connectivity index (χ0v) is 17.5. The molecule has 3 aromatic rings. The number of carbonyl (C=O) groups is 1. The van der Waals surface area contributed by atoms with Gasteiger partial charge in [-0.25, -0.2) is 19.6 Å². The van der Waals surface area contributed by atoms with E-state index in [1.165, 1.54) is 6.20 Å². The Morgan fingerprint density at radius 1 is 1.29 bits per heavy atom. The van der Waals surface area contributed by atoms with Crippen molar-refractivity contribution in [2.45, 2.75) is 38.5 Å². The standard InChI is InChI=1S/C18H22ClN7OS/c1-4-28-18-24-15(23-11(2)3)13-10-22-26(16(13)25-18)8-7-20-17(27)12-5-6-14(19)21-9-12/h5-6,9-11H,4,7-8H2,1-3H3,(H,20,27)(H,23,24,25). The molecule has 0 aliphatic rings. The van der Waals surface area contributed by atoms with Gasteiger partial charge in [-0.2, -0.15) is 5.10 Å². The van der Waals surface area contributed by atoms with Crippen molar-refractivity contribution in [3.8, 4) is 0 Å². The van der Waals surface area contributed by atoms with Crippen LogP contribution in [0.1, 0.15) is 31.1 Å². The average molecular weight is 420 g/mol. The molecule has 3 rings (SSSR count). The molecular formula is C18H22ClN7OS. The SMILES string of the molecule is CCSc1nc(NC(C)C)c2cnn(CCNC(=O)c3ccc(Cl)nc3)c2n1. The summed E-state index contributed by atoms with van der Waals surface area (Å²) >= 11 is 7.33. The molecule has 10 heteroatoms. The number of aromatic nitrogens is 5. The lowest BCUT2D eigenvalue weighted by Gasteiger charge is -2.11. The first kappa shape index (κ1) is 20.3. The van der Waals surface area contributed by atoms with Crippen molar-refractivity contribution in [3.05, 3.63) is 35.2 Å². The Morgan fingerprint density at radius 3 is 2.79 bits per heavy atom. The molecule has 3 heterocycles. The van der Waals surface area contributed by atoms with Gasteiger partial charge in [-0.3, -0.25) is 4.79 Å². The van der Waals surface area contributed by atoms with Crippen molar-refractivity contribution in [1.82, 2.24) is 30.0 Å². The second-order valence-electron chi connectivity index (χ2n) is 6.32. The quantitative estimate of drug-likeness (QED) is 0.328. The minimum Gasteiger partial charge on any atom is -0.367 e. The molecule has 0 unspecified atom stereocenters. The Balaban J connectivity index is 1.74. The molecule has 28 heavy (non-hydrogen) atoms. The van der Waals surface area contributed by atoms with Gasteiger partial charge in [-0.1, -0.05) is 30.3 Å². The van der Waals surface area contributed by atoms with Gasteiger partial charge < -0.3 is 10.6 Å². The number of rotatable bonds is 8. The number of anilines is 1. The normalized spacial score (nSPS) is 11.2. The van der Waals surface area contributed by atoms with Gasteiger partial charge in [0.2, 0.25) is 0 Å². The number of thioether (sulfide) groups is 1. The molecule has 0 radical (unpaired) electrons. The van der Waals surface area contributed by atoms with Gasteiger partial charge in [-0.05, 0) is 31.7 Å². The first-order chi connectivity index (χ1) is 13.5. The minimum absolute atomic E-state index is 0.209. The topological polar surface area (TPSA) is 97.6 Å². The van der Waals surface area contributed by atoms with E-state index in [0.29, 0.717) is 29.0 Å². The summed E-state index contributed by atoms with van der Waals surface area (Å²) in [6.45, 7) is 7.08. The van der Waals surface area contributed by atoms with Crippen LogP contribution in [0.2, 0.25) is 5.15 Å². The second kappa shape index (κ2) is 9.20. The smallest absolute Gasteiger partial charge is 0.252 e. The number of nitrogens with one attached hydrogen (secondary N) is 2. The Bertz CT molecular complexity index is 958. The lowest BCUT2D eigenvalue weighted by molar-refractivity contribution is 0.0951. The van der Waals surface area contributed by atoms with E-state index in [4.69, 9.17) is 11.6 Å². The fourth-order valence-corrected chi connectivity index (χ4v) is 3.24. The maximum atomic E-state index is 12.2. The minimum atomic E-state index is -0.209. The third-order valence-corrected chi connectivity index (χ3v) is 4.73. The van der Waals surface area contributed by atoms with E-state index < -0.39 is 0 Å². The van der Waals surface area contributed by atoms with E-state index in [1.54, 1.807) is 34.8 Å². The zero-order valence-electron chi connectivity index (χ0n) is 15.9. The highest BCUT2D eigenvalue weighted by Crippen LogP contribution is 2.24. The molecule has 1 amide bonds. The van der Waals surface area contributed by atoms with E-state index >= 15 is 0 Å². The average Bonchev–Trinajstić information content (AvgIpc) is 3.05. The van der Waals surface area contributed by atoms with Crippen LogP contribution in [-0.4, -0.2) is 49.0 Å². The van der Waals surface area contributed by atoms with Crippen molar-refractivity contribution in [2.24, 2.45) is 0 Å². The monoisotopic (exact) mass is 419 g/mol. The molecule has 0 atom stereocenters. The number of carbonyl (C=O) groups excluding carboxylic acids is 1. The third kappa shape index (κ3) is 4.90. The fourth-order valence-electron chi connectivity index (χ4n) is 2.56. The van der Waals surface area contributed by atoms with E-state index in [0.717, 1.165) is 22.6 Å². The first-order valence-corrected chi connectivity index (χ1v) is 10.4. The molecule has 0 aromatic carbocycles. The number of nitrogens with zero attached hydrogens (tertiary/aromatic N) is 5. The lowest BCUT2D eigenvalue weighted by Crippen LogP contribution is -2.27. The number of hydrogen-bond acceptors (Lipinski definition) is 7. The molecule has 0 bridgehead atoms. The number of amides is 1. The zero-order chi connectivity index (χ0) is 20.1. The van der Waals surface area contributed by atoms with Gasteiger partial charge in [-0.15, -0.1) is 0 Å². The van der Waals surface area contributed by atoms with E-state index in [1.807, 2.05) is 0 Å². The molecule has 0 spiro atoms. The van der Waals surface area contributed by atoms with E-state index in [-0.39, 0.29) is 11.9 Å². The molecule has 0 aliphatic heterocycles. The van der Waals surface area contributed by atoms with Gasteiger partial charge >= 0.3 is 0 Å². The van der Waals surface area contributed by atoms with Crippen LogP contribution >= 0.6 is 23.4 Å². The number of hydrogen-bond donors (Lipinski definition) is 2. The largest absolute Gasteiger partial charge is 0.367 e. The molecule has 2 N–H and O–H groups in total. The van der Waals surface area contributed by atoms with Crippen LogP contribution in [-0.2, 0) is 6.54 Å². The van der Waals surface area contributed by atoms with Crippen molar-refractivity contribution in [1.29, 1.82) is 0 Å². The van der Waals surface area contributed by atoms with Crippen molar-refractivity contribution >= 4 is 46.1 Å². The summed E-state index contributed by atoms with van der Waals surface area (Å²) in [5, 5.41) is 12.6. The van der Waals surface area contributed by atoms with Gasteiger partial charge in [0.25, 0.3) is 5.91 Å². The molecule has 8 nitrogen and oxygen atoms in total. The Hall–Kier alpha value is -2.39. The molecule has 3 aromatic heterocycles. The summed E-state index contributed by atoms with van der Waals surface area (Å²) in [6.07, 6.45) is 3.21. The Kier molecular flexibility index (Phi) is 6.69. The van der Waals surface area contributed by atoms with Gasteiger partial charge in [0.15, 0.2) is 10.8 Å². The predicted molar refractivity (Wildman–Crippen MR) is 112 cm³/mol. The van der Waals surface area contributed by atoms with Gasteiger partial charge in [0, 0.05) is 18.8 Å². The van der Waals surface area contributed by atoms with Crippen LogP contribution in [0.25, 0.3) is 11.0 Å². The molecule has 0 saturated heterocycles. The highest BCUT2D eigenvalue weighted by atomic mass is 35.5. The molecule has 148 valence electrons. The Labute approximate surface area is 172 Å².